The predicted molar refractivity (Wildman–Crippen MR) is 60.7 cm³/mol. The molecule has 0 saturated heterocycles. The summed E-state index contributed by atoms with van der Waals surface area (Å²) in [5, 5.41) is 0. The van der Waals surface area contributed by atoms with Crippen molar-refractivity contribution in [3.8, 4) is 0 Å². The summed E-state index contributed by atoms with van der Waals surface area (Å²) in [6, 6.07) is 0. The van der Waals surface area contributed by atoms with E-state index in [1.807, 2.05) is 6.92 Å². The van der Waals surface area contributed by atoms with Crippen molar-refractivity contribution in [2.45, 2.75) is 45.2 Å². The topological polar surface area (TPSA) is 17.1 Å². The van der Waals surface area contributed by atoms with Crippen LogP contribution >= 0.6 is 0 Å². The van der Waals surface area contributed by atoms with Crippen LogP contribution in [0, 0.1) is 23.2 Å². The van der Waals surface area contributed by atoms with Crippen LogP contribution in [0.3, 0.4) is 0 Å². The van der Waals surface area contributed by atoms with E-state index in [-0.39, 0.29) is 11.7 Å². The molecule has 16 heavy (non-hydrogen) atoms. The van der Waals surface area contributed by atoms with Crippen LogP contribution in [-0.4, -0.2) is 12.0 Å². The van der Waals surface area contributed by atoms with Gasteiger partial charge in [0.15, 0.2) is 5.78 Å². The van der Waals surface area contributed by atoms with Gasteiger partial charge in [-0.1, -0.05) is 6.08 Å². The summed E-state index contributed by atoms with van der Waals surface area (Å²) in [6.07, 6.45) is 7.41. The SMILES string of the molecule is C/C=C/C(=O)C12CC3CC(CC(C3)C1F)C2. The van der Waals surface area contributed by atoms with Crippen molar-refractivity contribution in [2.24, 2.45) is 23.2 Å². The normalized spacial score (nSPS) is 50.1. The molecule has 0 aliphatic heterocycles. The van der Waals surface area contributed by atoms with Crippen molar-refractivity contribution in [2.75, 3.05) is 0 Å². The van der Waals surface area contributed by atoms with Crippen LogP contribution in [0.4, 0.5) is 4.39 Å². The average molecular weight is 222 g/mol. The summed E-state index contributed by atoms with van der Waals surface area (Å²) in [5.41, 5.74) is -0.624. The Kier molecular flexibility index (Phi) is 2.24. The van der Waals surface area contributed by atoms with Gasteiger partial charge in [0, 0.05) is 0 Å². The summed E-state index contributed by atoms with van der Waals surface area (Å²) in [7, 11) is 0. The van der Waals surface area contributed by atoms with Crippen molar-refractivity contribution in [1.29, 1.82) is 0 Å². The smallest absolute Gasteiger partial charge is 0.164 e. The van der Waals surface area contributed by atoms with E-state index in [1.54, 1.807) is 12.2 Å². The van der Waals surface area contributed by atoms with Crippen LogP contribution in [0.5, 0.6) is 0 Å². The zero-order chi connectivity index (χ0) is 11.3. The largest absolute Gasteiger partial charge is 0.294 e. The Morgan fingerprint density at radius 2 is 1.88 bits per heavy atom. The zero-order valence-electron chi connectivity index (χ0n) is 9.79. The van der Waals surface area contributed by atoms with Gasteiger partial charge < -0.3 is 0 Å². The first-order valence-electron chi connectivity index (χ1n) is 6.47. The highest BCUT2D eigenvalue weighted by atomic mass is 19.1. The lowest BCUT2D eigenvalue weighted by Crippen LogP contribution is -2.57. The van der Waals surface area contributed by atoms with Gasteiger partial charge in [-0.05, 0) is 62.9 Å². The zero-order valence-corrected chi connectivity index (χ0v) is 9.79. The highest BCUT2D eigenvalue weighted by Gasteiger charge is 2.60. The second-order valence-corrected chi connectivity index (χ2v) is 6.03. The first-order chi connectivity index (χ1) is 7.65. The second kappa shape index (κ2) is 3.41. The molecule has 4 rings (SSSR count). The number of hydrogen-bond acceptors (Lipinski definition) is 1. The van der Waals surface area contributed by atoms with Gasteiger partial charge in [-0.3, -0.25) is 4.79 Å². The summed E-state index contributed by atoms with van der Waals surface area (Å²) in [4.78, 5) is 12.2. The predicted octanol–water partition coefficient (Wildman–Crippen LogP) is 3.30. The van der Waals surface area contributed by atoms with Gasteiger partial charge >= 0.3 is 0 Å². The fraction of sp³-hybridized carbons (Fsp3) is 0.786. The first-order valence-corrected chi connectivity index (χ1v) is 6.47. The number of carbonyl (C=O) groups excluding carboxylic acids is 1. The van der Waals surface area contributed by atoms with Crippen molar-refractivity contribution in [3.63, 3.8) is 0 Å². The monoisotopic (exact) mass is 222 g/mol. The molecule has 3 unspecified atom stereocenters. The molecule has 4 bridgehead atoms. The lowest BCUT2D eigenvalue weighted by Gasteiger charge is -2.57. The molecule has 0 aromatic rings. The number of carbonyl (C=O) groups is 1. The number of allylic oxidation sites excluding steroid dienone is 2. The van der Waals surface area contributed by atoms with Crippen LogP contribution in [-0.2, 0) is 4.79 Å². The van der Waals surface area contributed by atoms with Gasteiger partial charge in [-0.15, -0.1) is 0 Å². The fourth-order valence-electron chi connectivity index (χ4n) is 4.63. The molecule has 0 aromatic heterocycles. The molecule has 0 radical (unpaired) electrons. The molecule has 88 valence electrons. The van der Waals surface area contributed by atoms with Crippen LogP contribution in [0.1, 0.15) is 39.0 Å². The third-order valence-electron chi connectivity index (χ3n) is 5.00. The first kappa shape index (κ1) is 10.5. The van der Waals surface area contributed by atoms with E-state index < -0.39 is 11.6 Å². The van der Waals surface area contributed by atoms with Crippen molar-refractivity contribution >= 4 is 5.78 Å². The number of alkyl halides is 1. The van der Waals surface area contributed by atoms with Crippen LogP contribution < -0.4 is 0 Å². The lowest BCUT2D eigenvalue weighted by atomic mass is 9.47. The minimum atomic E-state index is -0.871. The molecule has 4 fully saturated rings. The van der Waals surface area contributed by atoms with Crippen LogP contribution in [0.2, 0.25) is 0 Å². The standard InChI is InChI=1S/C14H19FO/c1-2-3-12(16)14-7-9-4-10(8-14)6-11(5-9)13(14)15/h2-3,9-11,13H,4-8H2,1H3/b3-2+. The Morgan fingerprint density at radius 3 is 2.44 bits per heavy atom. The van der Waals surface area contributed by atoms with E-state index in [0.717, 1.165) is 25.7 Å². The molecule has 0 aromatic carbocycles. The highest BCUT2D eigenvalue weighted by Crippen LogP contribution is 2.61. The van der Waals surface area contributed by atoms with Gasteiger partial charge in [0.1, 0.15) is 6.17 Å². The molecule has 4 aliphatic rings. The Bertz CT molecular complexity index is 333. The molecule has 0 N–H and O–H groups in total. The van der Waals surface area contributed by atoms with E-state index >= 15 is 0 Å². The van der Waals surface area contributed by atoms with Crippen LogP contribution in [0.15, 0.2) is 12.2 Å². The third-order valence-corrected chi connectivity index (χ3v) is 5.00. The molecular formula is C14H19FO. The summed E-state index contributed by atoms with van der Waals surface area (Å²) >= 11 is 0. The molecule has 2 heteroatoms. The maximum absolute atomic E-state index is 14.5. The van der Waals surface area contributed by atoms with Gasteiger partial charge in [0.25, 0.3) is 0 Å². The quantitative estimate of drug-likeness (QED) is 0.655. The van der Waals surface area contributed by atoms with Crippen molar-refractivity contribution in [3.05, 3.63) is 12.2 Å². The minimum Gasteiger partial charge on any atom is -0.294 e. The van der Waals surface area contributed by atoms with E-state index in [0.29, 0.717) is 11.8 Å². The lowest BCUT2D eigenvalue weighted by molar-refractivity contribution is -0.155. The molecule has 0 heterocycles. The number of hydrogen-bond donors (Lipinski definition) is 0. The van der Waals surface area contributed by atoms with Gasteiger partial charge in [-0.25, -0.2) is 4.39 Å². The van der Waals surface area contributed by atoms with Gasteiger partial charge in [0.2, 0.25) is 0 Å². The second-order valence-electron chi connectivity index (χ2n) is 6.03. The number of rotatable bonds is 2. The van der Waals surface area contributed by atoms with E-state index in [4.69, 9.17) is 0 Å². The summed E-state index contributed by atoms with van der Waals surface area (Å²) in [5.74, 6) is 1.49. The van der Waals surface area contributed by atoms with Gasteiger partial charge in [-0.2, -0.15) is 0 Å². The van der Waals surface area contributed by atoms with Crippen LogP contribution in [0.25, 0.3) is 0 Å². The Balaban J connectivity index is 1.96. The molecule has 0 spiro atoms. The van der Waals surface area contributed by atoms with Crippen molar-refractivity contribution in [1.82, 2.24) is 0 Å². The molecule has 0 amide bonds. The molecule has 3 atom stereocenters. The van der Waals surface area contributed by atoms with E-state index in [2.05, 4.69) is 0 Å². The minimum absolute atomic E-state index is 0.0570. The van der Waals surface area contributed by atoms with Gasteiger partial charge in [0.05, 0.1) is 5.41 Å². The average Bonchev–Trinajstić information content (AvgIpc) is 2.25. The molecule has 4 saturated carbocycles. The molecule has 1 nitrogen and oxygen atoms in total. The number of halogens is 1. The molecule has 4 aliphatic carbocycles. The maximum Gasteiger partial charge on any atom is 0.164 e. The third kappa shape index (κ3) is 1.25. The van der Waals surface area contributed by atoms with E-state index in [9.17, 15) is 9.18 Å². The number of ketones is 1. The highest BCUT2D eigenvalue weighted by molar-refractivity contribution is 5.95. The van der Waals surface area contributed by atoms with Crippen molar-refractivity contribution < 1.29 is 9.18 Å². The Hall–Kier alpha value is -0.660. The fourth-order valence-corrected chi connectivity index (χ4v) is 4.63. The maximum atomic E-state index is 14.5. The Morgan fingerprint density at radius 1 is 1.25 bits per heavy atom. The Labute approximate surface area is 96.1 Å². The summed E-state index contributed by atoms with van der Waals surface area (Å²) in [6.45, 7) is 1.84. The molecular weight excluding hydrogens is 203 g/mol. The summed E-state index contributed by atoms with van der Waals surface area (Å²) < 4.78 is 14.5. The van der Waals surface area contributed by atoms with E-state index in [1.165, 1.54) is 6.42 Å².